The fraction of sp³-hybridized carbons (Fsp3) is 0.176. The number of rotatable bonds is 7. The highest BCUT2D eigenvalue weighted by Gasteiger charge is 2.14. The van der Waals surface area contributed by atoms with Gasteiger partial charge in [-0.05, 0) is 48.9 Å². The predicted molar refractivity (Wildman–Crippen MR) is 91.9 cm³/mol. The molecule has 0 saturated carbocycles. The van der Waals surface area contributed by atoms with Crippen molar-refractivity contribution in [2.45, 2.75) is 13.0 Å². The molecule has 8 heteroatoms. The Bertz CT molecular complexity index is 757. The van der Waals surface area contributed by atoms with Crippen molar-refractivity contribution < 1.29 is 19.2 Å². The molecule has 0 aromatic heterocycles. The van der Waals surface area contributed by atoms with Gasteiger partial charge in [-0.1, -0.05) is 0 Å². The topological polar surface area (TPSA) is 103 Å². The Morgan fingerprint density at radius 3 is 2.32 bits per heavy atom. The maximum Gasteiger partial charge on any atom is 0.280 e. The summed E-state index contributed by atoms with van der Waals surface area (Å²) in [7, 11) is 1.58. The van der Waals surface area contributed by atoms with Crippen LogP contribution >= 0.6 is 0 Å². The minimum absolute atomic E-state index is 0.0476. The average Bonchev–Trinajstić information content (AvgIpc) is 2.62. The molecular formula is C17H17N3O5. The zero-order chi connectivity index (χ0) is 18.2. The summed E-state index contributed by atoms with van der Waals surface area (Å²) in [6.07, 6.45) is 0.685. The summed E-state index contributed by atoms with van der Waals surface area (Å²) in [5, 5.41) is 14.5. The van der Waals surface area contributed by atoms with Crippen LogP contribution in [0, 0.1) is 10.1 Å². The number of methoxy groups -OCH3 is 1. The van der Waals surface area contributed by atoms with Gasteiger partial charge in [-0.25, -0.2) is 5.43 Å². The molecule has 25 heavy (non-hydrogen) atoms. The van der Waals surface area contributed by atoms with Gasteiger partial charge < -0.3 is 9.47 Å². The van der Waals surface area contributed by atoms with Gasteiger partial charge in [0.1, 0.15) is 11.5 Å². The number of hydrazone groups is 1. The van der Waals surface area contributed by atoms with Gasteiger partial charge in [-0.3, -0.25) is 14.9 Å². The number of nitrogens with zero attached hydrogens (tertiary/aromatic N) is 2. The van der Waals surface area contributed by atoms with Gasteiger partial charge in [0.2, 0.25) is 0 Å². The standard InChI is InChI=1S/C17H17N3O5/c1-12(25-16-9-5-14(6-10-16)20(22)23)17(21)19-18-11-13-3-7-15(24-2)8-4-13/h3-12H,1-2H3,(H,19,21)/b18-11-/t12-/m0/s1. The summed E-state index contributed by atoms with van der Waals surface area (Å²) >= 11 is 0. The lowest BCUT2D eigenvalue weighted by molar-refractivity contribution is -0.384. The Balaban J connectivity index is 1.86. The zero-order valence-electron chi connectivity index (χ0n) is 13.7. The van der Waals surface area contributed by atoms with Crippen LogP contribution in [0.15, 0.2) is 53.6 Å². The van der Waals surface area contributed by atoms with Gasteiger partial charge in [0, 0.05) is 12.1 Å². The number of nitro groups is 1. The number of carbonyl (C=O) groups excluding carboxylic acids is 1. The Kier molecular flexibility index (Phi) is 6.05. The summed E-state index contributed by atoms with van der Waals surface area (Å²) in [6, 6.07) is 12.6. The van der Waals surface area contributed by atoms with E-state index in [0.29, 0.717) is 5.75 Å². The summed E-state index contributed by atoms with van der Waals surface area (Å²) in [5.74, 6) is 0.641. The van der Waals surface area contributed by atoms with Crippen LogP contribution in [0.3, 0.4) is 0 Å². The Morgan fingerprint density at radius 1 is 1.16 bits per heavy atom. The van der Waals surface area contributed by atoms with Crippen molar-refractivity contribution in [1.29, 1.82) is 0 Å². The molecule has 130 valence electrons. The first-order valence-corrected chi connectivity index (χ1v) is 7.37. The fourth-order valence-electron chi connectivity index (χ4n) is 1.86. The van der Waals surface area contributed by atoms with E-state index in [1.54, 1.807) is 38.3 Å². The molecular weight excluding hydrogens is 326 g/mol. The van der Waals surface area contributed by atoms with Crippen molar-refractivity contribution in [3.8, 4) is 11.5 Å². The number of hydrogen-bond acceptors (Lipinski definition) is 6. The third-order valence-corrected chi connectivity index (χ3v) is 3.23. The highest BCUT2D eigenvalue weighted by atomic mass is 16.6. The molecule has 2 rings (SSSR count). The van der Waals surface area contributed by atoms with Crippen molar-refractivity contribution in [3.05, 3.63) is 64.2 Å². The number of non-ortho nitro benzene ring substituents is 1. The molecule has 0 aliphatic heterocycles. The maximum atomic E-state index is 11.9. The molecule has 0 heterocycles. The van der Waals surface area contributed by atoms with Crippen molar-refractivity contribution in [2.75, 3.05) is 7.11 Å². The molecule has 0 bridgehead atoms. The van der Waals surface area contributed by atoms with Gasteiger partial charge in [-0.15, -0.1) is 0 Å². The van der Waals surface area contributed by atoms with Gasteiger partial charge in [-0.2, -0.15) is 5.10 Å². The molecule has 0 aliphatic rings. The van der Waals surface area contributed by atoms with Crippen LogP contribution < -0.4 is 14.9 Å². The van der Waals surface area contributed by atoms with Crippen molar-refractivity contribution >= 4 is 17.8 Å². The number of nitrogens with one attached hydrogen (secondary N) is 1. The predicted octanol–water partition coefficient (Wildman–Crippen LogP) is 2.52. The van der Waals surface area contributed by atoms with E-state index >= 15 is 0 Å². The maximum absolute atomic E-state index is 11.9. The number of nitro benzene ring substituents is 1. The molecule has 1 atom stereocenters. The Labute approximate surface area is 144 Å². The summed E-state index contributed by atoms with van der Waals surface area (Å²) in [6.45, 7) is 1.56. The fourth-order valence-corrected chi connectivity index (χ4v) is 1.86. The highest BCUT2D eigenvalue weighted by molar-refractivity contribution is 5.84. The Hall–Kier alpha value is -3.42. The summed E-state index contributed by atoms with van der Waals surface area (Å²) in [4.78, 5) is 22.0. The second-order valence-corrected chi connectivity index (χ2v) is 5.02. The van der Waals surface area contributed by atoms with Gasteiger partial charge in [0.25, 0.3) is 11.6 Å². The molecule has 0 aliphatic carbocycles. The average molecular weight is 343 g/mol. The lowest BCUT2D eigenvalue weighted by atomic mass is 10.2. The monoisotopic (exact) mass is 343 g/mol. The minimum Gasteiger partial charge on any atom is -0.497 e. The van der Waals surface area contributed by atoms with E-state index in [1.807, 2.05) is 0 Å². The molecule has 0 saturated heterocycles. The number of ether oxygens (including phenoxy) is 2. The highest BCUT2D eigenvalue weighted by Crippen LogP contribution is 2.18. The van der Waals surface area contributed by atoms with Gasteiger partial charge in [0.15, 0.2) is 6.10 Å². The molecule has 0 spiro atoms. The quantitative estimate of drug-likeness (QED) is 0.473. The largest absolute Gasteiger partial charge is 0.497 e. The number of hydrogen-bond donors (Lipinski definition) is 1. The molecule has 2 aromatic carbocycles. The van der Waals surface area contributed by atoms with E-state index < -0.39 is 16.9 Å². The van der Waals surface area contributed by atoms with E-state index in [-0.39, 0.29) is 5.69 Å². The third kappa shape index (κ3) is 5.31. The van der Waals surface area contributed by atoms with Crippen LogP contribution in [0.5, 0.6) is 11.5 Å². The molecule has 1 N–H and O–H groups in total. The molecule has 0 radical (unpaired) electrons. The van der Waals surface area contributed by atoms with Crippen molar-refractivity contribution in [1.82, 2.24) is 5.43 Å². The van der Waals surface area contributed by atoms with Crippen LogP contribution in [-0.2, 0) is 4.79 Å². The van der Waals surface area contributed by atoms with E-state index in [0.717, 1.165) is 11.3 Å². The number of amides is 1. The SMILES string of the molecule is COc1ccc(/C=N\NC(=O)[C@H](C)Oc2ccc([N+](=O)[O-])cc2)cc1. The van der Waals surface area contributed by atoms with Crippen molar-refractivity contribution in [2.24, 2.45) is 5.10 Å². The molecule has 1 amide bonds. The molecule has 0 fully saturated rings. The van der Waals surface area contributed by atoms with E-state index in [1.165, 1.54) is 30.5 Å². The van der Waals surface area contributed by atoms with E-state index in [4.69, 9.17) is 9.47 Å². The van der Waals surface area contributed by atoms with Crippen LogP contribution in [0.1, 0.15) is 12.5 Å². The normalized spacial score (nSPS) is 11.8. The minimum atomic E-state index is -0.811. The second-order valence-electron chi connectivity index (χ2n) is 5.02. The lowest BCUT2D eigenvalue weighted by Gasteiger charge is -2.12. The molecule has 8 nitrogen and oxygen atoms in total. The lowest BCUT2D eigenvalue weighted by Crippen LogP contribution is -2.33. The number of carbonyl (C=O) groups is 1. The van der Waals surface area contributed by atoms with Gasteiger partial charge >= 0.3 is 0 Å². The van der Waals surface area contributed by atoms with Crippen LogP contribution in [-0.4, -0.2) is 30.3 Å². The Morgan fingerprint density at radius 2 is 1.76 bits per heavy atom. The molecule has 0 unspecified atom stereocenters. The first-order chi connectivity index (χ1) is 12.0. The van der Waals surface area contributed by atoms with E-state index in [2.05, 4.69) is 10.5 Å². The van der Waals surface area contributed by atoms with Crippen LogP contribution in [0.4, 0.5) is 5.69 Å². The van der Waals surface area contributed by atoms with E-state index in [9.17, 15) is 14.9 Å². The van der Waals surface area contributed by atoms with Crippen molar-refractivity contribution in [3.63, 3.8) is 0 Å². The summed E-state index contributed by atoms with van der Waals surface area (Å²) < 4.78 is 10.5. The summed E-state index contributed by atoms with van der Waals surface area (Å²) in [5.41, 5.74) is 3.12. The first kappa shape index (κ1) is 17.9. The van der Waals surface area contributed by atoms with Crippen LogP contribution in [0.2, 0.25) is 0 Å². The van der Waals surface area contributed by atoms with Gasteiger partial charge in [0.05, 0.1) is 18.2 Å². The first-order valence-electron chi connectivity index (χ1n) is 7.37. The zero-order valence-corrected chi connectivity index (χ0v) is 13.7. The third-order valence-electron chi connectivity index (χ3n) is 3.23. The van der Waals surface area contributed by atoms with Crippen LogP contribution in [0.25, 0.3) is 0 Å². The number of benzene rings is 2. The molecule has 2 aromatic rings. The second kappa shape index (κ2) is 8.44. The smallest absolute Gasteiger partial charge is 0.280 e.